The molecule has 0 aliphatic rings. The van der Waals surface area contributed by atoms with Crippen LogP contribution in [-0.2, 0) is 14.4 Å². The third kappa shape index (κ3) is 5.34. The van der Waals surface area contributed by atoms with Gasteiger partial charge in [-0.25, -0.2) is 0 Å². The number of nitro benzene ring substituents is 1. The van der Waals surface area contributed by atoms with Crippen LogP contribution in [0.3, 0.4) is 0 Å². The Hall–Kier alpha value is -2.97. The lowest BCUT2D eigenvalue weighted by Gasteiger charge is -2.19. The minimum absolute atomic E-state index is 0.0396. The van der Waals surface area contributed by atoms with Crippen LogP contribution in [0.4, 0.5) is 11.4 Å². The van der Waals surface area contributed by atoms with E-state index in [9.17, 15) is 24.5 Å². The number of nitrogens with one attached hydrogen (secondary N) is 1. The molecule has 0 aromatic heterocycles. The molecule has 0 atom stereocenters. The highest BCUT2D eigenvalue weighted by molar-refractivity contribution is 5.95. The van der Waals surface area contributed by atoms with E-state index in [0.29, 0.717) is 0 Å². The fraction of sp³-hybridized carbons (Fsp3) is 0.400. The van der Waals surface area contributed by atoms with Gasteiger partial charge in [0.2, 0.25) is 11.8 Å². The van der Waals surface area contributed by atoms with Gasteiger partial charge in [0.1, 0.15) is 0 Å². The molecule has 0 radical (unpaired) electrons. The Bertz CT molecular complexity index is 659. The van der Waals surface area contributed by atoms with Gasteiger partial charge in [-0.15, -0.1) is 0 Å². The first kappa shape index (κ1) is 19.1. The number of benzene rings is 1. The van der Waals surface area contributed by atoms with Crippen molar-refractivity contribution in [1.29, 1.82) is 0 Å². The Kier molecular flexibility index (Phi) is 6.84. The maximum atomic E-state index is 11.8. The molecule has 0 unspecified atom stereocenters. The molecule has 130 valence electrons. The number of nitro groups is 1. The lowest BCUT2D eigenvalue weighted by Crippen LogP contribution is -2.27. The standard InChI is InChI=1S/C15H19N3O6/c1-4-14(20)17(3)12-9-11(18(22)23)5-6-13(12)24-15(21)7-8-16-10(2)19/h5-6,9H,4,7-8H2,1-3H3,(H,16,19). The van der Waals surface area contributed by atoms with Gasteiger partial charge < -0.3 is 15.0 Å². The summed E-state index contributed by atoms with van der Waals surface area (Å²) in [4.78, 5) is 45.9. The number of hydrogen-bond acceptors (Lipinski definition) is 6. The topological polar surface area (TPSA) is 119 Å². The van der Waals surface area contributed by atoms with Crippen molar-refractivity contribution in [1.82, 2.24) is 5.32 Å². The number of rotatable bonds is 7. The van der Waals surface area contributed by atoms with Crippen molar-refractivity contribution in [2.75, 3.05) is 18.5 Å². The van der Waals surface area contributed by atoms with Crippen molar-refractivity contribution in [2.24, 2.45) is 0 Å². The molecule has 1 aromatic rings. The van der Waals surface area contributed by atoms with Crippen molar-refractivity contribution in [3.8, 4) is 5.75 Å². The Morgan fingerprint density at radius 1 is 1.33 bits per heavy atom. The molecule has 0 fully saturated rings. The van der Waals surface area contributed by atoms with Gasteiger partial charge in [-0.1, -0.05) is 6.92 Å². The lowest BCUT2D eigenvalue weighted by atomic mass is 10.2. The Morgan fingerprint density at radius 3 is 2.54 bits per heavy atom. The molecule has 0 saturated heterocycles. The van der Waals surface area contributed by atoms with E-state index in [1.54, 1.807) is 6.92 Å². The normalized spacial score (nSPS) is 9.96. The monoisotopic (exact) mass is 337 g/mol. The third-order valence-electron chi connectivity index (χ3n) is 3.12. The van der Waals surface area contributed by atoms with Gasteiger partial charge in [-0.3, -0.25) is 24.5 Å². The maximum Gasteiger partial charge on any atom is 0.313 e. The van der Waals surface area contributed by atoms with Gasteiger partial charge in [-0.2, -0.15) is 0 Å². The van der Waals surface area contributed by atoms with Crippen LogP contribution in [0.1, 0.15) is 26.7 Å². The Morgan fingerprint density at radius 2 is 2.00 bits per heavy atom. The molecule has 1 N–H and O–H groups in total. The predicted octanol–water partition coefficient (Wildman–Crippen LogP) is 1.40. The quantitative estimate of drug-likeness (QED) is 0.348. The molecular formula is C15H19N3O6. The van der Waals surface area contributed by atoms with E-state index in [0.717, 1.165) is 0 Å². The van der Waals surface area contributed by atoms with Crippen LogP contribution in [-0.4, -0.2) is 36.3 Å². The summed E-state index contributed by atoms with van der Waals surface area (Å²) in [6, 6.07) is 3.62. The Labute approximate surface area is 138 Å². The molecular weight excluding hydrogens is 318 g/mol. The summed E-state index contributed by atoms with van der Waals surface area (Å²) in [5, 5.41) is 13.4. The number of ether oxygens (including phenoxy) is 1. The first-order chi connectivity index (χ1) is 11.3. The highest BCUT2D eigenvalue weighted by atomic mass is 16.6. The summed E-state index contributed by atoms with van der Waals surface area (Å²) in [5.74, 6) is -1.15. The van der Waals surface area contributed by atoms with E-state index in [4.69, 9.17) is 4.74 Å². The van der Waals surface area contributed by atoms with E-state index < -0.39 is 10.9 Å². The average Bonchev–Trinajstić information content (AvgIpc) is 2.53. The predicted molar refractivity (Wildman–Crippen MR) is 85.7 cm³/mol. The molecule has 24 heavy (non-hydrogen) atoms. The second-order valence-corrected chi connectivity index (χ2v) is 4.92. The van der Waals surface area contributed by atoms with Crippen LogP contribution in [0.15, 0.2) is 18.2 Å². The molecule has 2 amide bonds. The van der Waals surface area contributed by atoms with Gasteiger partial charge in [0.15, 0.2) is 5.75 Å². The van der Waals surface area contributed by atoms with Gasteiger partial charge in [0.25, 0.3) is 5.69 Å². The zero-order chi connectivity index (χ0) is 18.3. The van der Waals surface area contributed by atoms with Crippen molar-refractivity contribution in [2.45, 2.75) is 26.7 Å². The SMILES string of the molecule is CCC(=O)N(C)c1cc([N+](=O)[O-])ccc1OC(=O)CCNC(C)=O. The first-order valence-electron chi connectivity index (χ1n) is 7.26. The summed E-state index contributed by atoms with van der Waals surface area (Å²) in [5.41, 5.74) is -0.0947. The number of esters is 1. The van der Waals surface area contributed by atoms with E-state index >= 15 is 0 Å². The summed E-state index contributed by atoms with van der Waals surface area (Å²) < 4.78 is 5.17. The molecule has 0 saturated carbocycles. The van der Waals surface area contributed by atoms with Crippen LogP contribution in [0, 0.1) is 10.1 Å². The molecule has 1 rings (SSSR count). The summed E-state index contributed by atoms with van der Waals surface area (Å²) in [7, 11) is 1.44. The van der Waals surface area contributed by atoms with Crippen LogP contribution in [0.5, 0.6) is 5.75 Å². The van der Waals surface area contributed by atoms with Crippen molar-refractivity contribution < 1.29 is 24.0 Å². The van der Waals surface area contributed by atoms with Crippen molar-refractivity contribution >= 4 is 29.2 Å². The minimum Gasteiger partial charge on any atom is -0.424 e. The number of non-ortho nitro benzene ring substituents is 1. The zero-order valence-corrected chi connectivity index (χ0v) is 13.7. The number of amides is 2. The third-order valence-corrected chi connectivity index (χ3v) is 3.12. The number of nitrogens with zero attached hydrogens (tertiary/aromatic N) is 2. The van der Waals surface area contributed by atoms with E-state index in [1.807, 2.05) is 0 Å². The highest BCUT2D eigenvalue weighted by Crippen LogP contribution is 2.32. The minimum atomic E-state index is -0.629. The van der Waals surface area contributed by atoms with Crippen LogP contribution in [0.25, 0.3) is 0 Å². The second kappa shape index (κ2) is 8.61. The summed E-state index contributed by atoms with van der Waals surface area (Å²) in [6.07, 6.45) is 0.122. The number of hydrogen-bond donors (Lipinski definition) is 1. The van der Waals surface area contributed by atoms with Crippen LogP contribution in [0.2, 0.25) is 0 Å². The number of carbonyl (C=O) groups is 3. The van der Waals surface area contributed by atoms with Crippen molar-refractivity contribution in [3.63, 3.8) is 0 Å². The summed E-state index contributed by atoms with van der Waals surface area (Å²) >= 11 is 0. The van der Waals surface area contributed by atoms with E-state index in [2.05, 4.69) is 5.32 Å². The largest absolute Gasteiger partial charge is 0.424 e. The van der Waals surface area contributed by atoms with E-state index in [-0.39, 0.29) is 48.3 Å². The maximum absolute atomic E-state index is 11.8. The molecule has 0 spiro atoms. The van der Waals surface area contributed by atoms with Gasteiger partial charge in [-0.05, 0) is 6.07 Å². The molecule has 0 aliphatic heterocycles. The molecule has 1 aromatic carbocycles. The second-order valence-electron chi connectivity index (χ2n) is 4.92. The molecule has 9 heteroatoms. The number of carbonyl (C=O) groups excluding carboxylic acids is 3. The smallest absolute Gasteiger partial charge is 0.313 e. The molecule has 0 bridgehead atoms. The van der Waals surface area contributed by atoms with Crippen LogP contribution >= 0.6 is 0 Å². The zero-order valence-electron chi connectivity index (χ0n) is 13.7. The van der Waals surface area contributed by atoms with Crippen molar-refractivity contribution in [3.05, 3.63) is 28.3 Å². The fourth-order valence-corrected chi connectivity index (χ4v) is 1.85. The summed E-state index contributed by atoms with van der Waals surface area (Å²) in [6.45, 7) is 3.08. The van der Waals surface area contributed by atoms with Crippen LogP contribution < -0.4 is 15.0 Å². The Balaban J connectivity index is 3.00. The molecule has 0 aliphatic carbocycles. The lowest BCUT2D eigenvalue weighted by molar-refractivity contribution is -0.384. The van der Waals surface area contributed by atoms with Gasteiger partial charge >= 0.3 is 5.97 Å². The first-order valence-corrected chi connectivity index (χ1v) is 7.26. The molecule has 9 nitrogen and oxygen atoms in total. The highest BCUT2D eigenvalue weighted by Gasteiger charge is 2.20. The van der Waals surface area contributed by atoms with Gasteiger partial charge in [0.05, 0.1) is 17.0 Å². The fourth-order valence-electron chi connectivity index (χ4n) is 1.85. The average molecular weight is 337 g/mol. The number of anilines is 1. The van der Waals surface area contributed by atoms with E-state index in [1.165, 1.54) is 37.1 Å². The molecule has 0 heterocycles. The van der Waals surface area contributed by atoms with Gasteiger partial charge in [0, 0.05) is 39.1 Å².